The second-order valence-corrected chi connectivity index (χ2v) is 8.14. The maximum Gasteiger partial charge on any atom is 0.198 e. The van der Waals surface area contributed by atoms with Crippen molar-refractivity contribution in [3.05, 3.63) is 70.5 Å². The molecule has 4 rings (SSSR count). The molecule has 0 amide bonds. The van der Waals surface area contributed by atoms with Gasteiger partial charge >= 0.3 is 0 Å². The standard InChI is InChI=1S/C23H24O3/c1-14-5-10-17-20(11-14)26-22-18(12-23(2,3)13-19(22)24)21(17)15-6-8-16(25-4)9-7-15/h5-11,21H,12-13H2,1-4H3. The predicted octanol–water partition coefficient (Wildman–Crippen LogP) is 5.17. The monoisotopic (exact) mass is 348 g/mol. The molecule has 3 nitrogen and oxygen atoms in total. The zero-order valence-electron chi connectivity index (χ0n) is 15.8. The second-order valence-electron chi connectivity index (χ2n) is 8.14. The van der Waals surface area contributed by atoms with Crippen molar-refractivity contribution in [2.24, 2.45) is 5.41 Å². The number of ketones is 1. The van der Waals surface area contributed by atoms with Crippen molar-refractivity contribution in [3.63, 3.8) is 0 Å². The van der Waals surface area contributed by atoms with Crippen LogP contribution in [-0.2, 0) is 4.79 Å². The van der Waals surface area contributed by atoms with E-state index in [4.69, 9.17) is 9.47 Å². The molecule has 134 valence electrons. The first kappa shape index (κ1) is 16.9. The molecule has 0 fully saturated rings. The van der Waals surface area contributed by atoms with Gasteiger partial charge in [-0.3, -0.25) is 4.79 Å². The van der Waals surface area contributed by atoms with Crippen molar-refractivity contribution in [1.29, 1.82) is 0 Å². The van der Waals surface area contributed by atoms with Crippen LogP contribution in [0.25, 0.3) is 0 Å². The van der Waals surface area contributed by atoms with Gasteiger partial charge in [0.1, 0.15) is 11.5 Å². The van der Waals surface area contributed by atoms with Gasteiger partial charge in [0.05, 0.1) is 7.11 Å². The summed E-state index contributed by atoms with van der Waals surface area (Å²) >= 11 is 0. The highest BCUT2D eigenvalue weighted by Crippen LogP contribution is 2.50. The van der Waals surface area contributed by atoms with Gasteiger partial charge in [0, 0.05) is 17.9 Å². The number of allylic oxidation sites excluding steroid dienone is 2. The van der Waals surface area contributed by atoms with Gasteiger partial charge in [-0.2, -0.15) is 0 Å². The molecule has 0 N–H and O–H groups in total. The lowest BCUT2D eigenvalue weighted by Gasteiger charge is -2.39. The molecule has 26 heavy (non-hydrogen) atoms. The van der Waals surface area contributed by atoms with Crippen LogP contribution in [0.2, 0.25) is 0 Å². The minimum atomic E-state index is -0.0494. The Kier molecular flexibility index (Phi) is 3.91. The molecule has 0 saturated carbocycles. The molecule has 0 aromatic heterocycles. The highest BCUT2D eigenvalue weighted by Gasteiger charge is 2.41. The summed E-state index contributed by atoms with van der Waals surface area (Å²) in [5, 5.41) is 0. The first-order valence-corrected chi connectivity index (χ1v) is 9.06. The maximum absolute atomic E-state index is 12.8. The van der Waals surface area contributed by atoms with Crippen molar-refractivity contribution in [2.75, 3.05) is 7.11 Å². The Morgan fingerprint density at radius 2 is 1.81 bits per heavy atom. The first-order valence-electron chi connectivity index (χ1n) is 9.06. The van der Waals surface area contributed by atoms with Crippen molar-refractivity contribution < 1.29 is 14.3 Å². The molecule has 1 aliphatic heterocycles. The van der Waals surface area contributed by atoms with E-state index < -0.39 is 0 Å². The molecule has 2 aromatic carbocycles. The van der Waals surface area contributed by atoms with Gasteiger partial charge in [0.2, 0.25) is 0 Å². The number of hydrogen-bond acceptors (Lipinski definition) is 3. The zero-order valence-corrected chi connectivity index (χ0v) is 15.8. The van der Waals surface area contributed by atoms with E-state index >= 15 is 0 Å². The van der Waals surface area contributed by atoms with Crippen LogP contribution < -0.4 is 9.47 Å². The topological polar surface area (TPSA) is 35.5 Å². The molecule has 0 saturated heterocycles. The van der Waals surface area contributed by atoms with Crippen LogP contribution in [0.3, 0.4) is 0 Å². The fraction of sp³-hybridized carbons (Fsp3) is 0.348. The summed E-state index contributed by atoms with van der Waals surface area (Å²) in [6, 6.07) is 14.4. The van der Waals surface area contributed by atoms with Gasteiger partial charge in [0.15, 0.2) is 11.5 Å². The summed E-state index contributed by atoms with van der Waals surface area (Å²) in [7, 11) is 1.67. The molecule has 0 spiro atoms. The van der Waals surface area contributed by atoms with Crippen LogP contribution in [0.15, 0.2) is 53.8 Å². The number of Topliss-reactive ketones (excluding diaryl/α,β-unsaturated/α-hetero) is 1. The van der Waals surface area contributed by atoms with Crippen LogP contribution in [0, 0.1) is 12.3 Å². The first-order chi connectivity index (χ1) is 12.4. The number of benzene rings is 2. The van der Waals surface area contributed by atoms with E-state index in [1.165, 1.54) is 0 Å². The van der Waals surface area contributed by atoms with Crippen LogP contribution in [0.1, 0.15) is 49.3 Å². The van der Waals surface area contributed by atoms with E-state index in [2.05, 4.69) is 38.1 Å². The summed E-state index contributed by atoms with van der Waals surface area (Å²) in [6.45, 7) is 6.36. The molecular formula is C23H24O3. The summed E-state index contributed by atoms with van der Waals surface area (Å²) in [5.74, 6) is 2.35. The number of fused-ring (bicyclic) bond motifs is 1. The minimum Gasteiger partial charge on any atom is -0.497 e. The van der Waals surface area contributed by atoms with Crippen molar-refractivity contribution in [3.8, 4) is 11.5 Å². The van der Waals surface area contributed by atoms with Gasteiger partial charge in [0.25, 0.3) is 0 Å². The van der Waals surface area contributed by atoms with Gasteiger partial charge in [-0.25, -0.2) is 0 Å². The summed E-state index contributed by atoms with van der Waals surface area (Å²) < 4.78 is 11.4. The third-order valence-electron chi connectivity index (χ3n) is 5.34. The quantitative estimate of drug-likeness (QED) is 0.751. The fourth-order valence-electron chi connectivity index (χ4n) is 4.15. The average Bonchev–Trinajstić information content (AvgIpc) is 2.60. The van der Waals surface area contributed by atoms with E-state index in [1.807, 2.05) is 25.1 Å². The van der Waals surface area contributed by atoms with Crippen LogP contribution >= 0.6 is 0 Å². The van der Waals surface area contributed by atoms with Crippen molar-refractivity contribution >= 4 is 5.78 Å². The molecule has 3 heteroatoms. The van der Waals surface area contributed by atoms with E-state index in [-0.39, 0.29) is 17.1 Å². The van der Waals surface area contributed by atoms with E-state index in [9.17, 15) is 4.79 Å². The van der Waals surface area contributed by atoms with E-state index in [0.29, 0.717) is 12.2 Å². The highest BCUT2D eigenvalue weighted by atomic mass is 16.5. The smallest absolute Gasteiger partial charge is 0.198 e. The molecule has 2 aromatic rings. The molecule has 2 aliphatic rings. The molecular weight excluding hydrogens is 324 g/mol. The molecule has 1 atom stereocenters. The maximum atomic E-state index is 12.8. The van der Waals surface area contributed by atoms with Gasteiger partial charge in [-0.15, -0.1) is 0 Å². The Balaban J connectivity index is 1.90. The Hall–Kier alpha value is -2.55. The third kappa shape index (κ3) is 2.82. The Labute approximate surface area is 154 Å². The normalized spacial score (nSPS) is 20.9. The molecule has 1 aliphatic carbocycles. The van der Waals surface area contributed by atoms with E-state index in [1.54, 1.807) is 7.11 Å². The molecule has 1 heterocycles. The summed E-state index contributed by atoms with van der Waals surface area (Å²) in [5.41, 5.74) is 4.48. The molecule has 0 bridgehead atoms. The van der Waals surface area contributed by atoms with Crippen molar-refractivity contribution in [1.82, 2.24) is 0 Å². The van der Waals surface area contributed by atoms with Gasteiger partial charge < -0.3 is 9.47 Å². The highest BCUT2D eigenvalue weighted by molar-refractivity contribution is 5.97. The lowest BCUT2D eigenvalue weighted by Crippen LogP contribution is -2.32. The Morgan fingerprint density at radius 1 is 1.08 bits per heavy atom. The Bertz CT molecular complexity index is 904. The summed E-state index contributed by atoms with van der Waals surface area (Å²) in [4.78, 5) is 12.8. The van der Waals surface area contributed by atoms with Gasteiger partial charge in [-0.1, -0.05) is 38.1 Å². The number of methoxy groups -OCH3 is 1. The predicted molar refractivity (Wildman–Crippen MR) is 102 cm³/mol. The lowest BCUT2D eigenvalue weighted by atomic mass is 9.69. The third-order valence-corrected chi connectivity index (χ3v) is 5.34. The van der Waals surface area contributed by atoms with Crippen LogP contribution in [0.5, 0.6) is 11.5 Å². The summed E-state index contributed by atoms with van der Waals surface area (Å²) in [6.07, 6.45) is 1.39. The second kappa shape index (κ2) is 6.01. The molecule has 0 radical (unpaired) electrons. The average molecular weight is 348 g/mol. The SMILES string of the molecule is COc1ccc(C2C3=C(Oc4cc(C)ccc42)C(=O)CC(C)(C)C3)cc1. The van der Waals surface area contributed by atoms with Crippen LogP contribution in [0.4, 0.5) is 0 Å². The molecule has 1 unspecified atom stereocenters. The largest absolute Gasteiger partial charge is 0.497 e. The number of carbonyl (C=O) groups is 1. The minimum absolute atomic E-state index is 0.0452. The number of aryl methyl sites for hydroxylation is 1. The van der Waals surface area contributed by atoms with Crippen molar-refractivity contribution in [2.45, 2.75) is 39.5 Å². The van der Waals surface area contributed by atoms with Gasteiger partial charge in [-0.05, 0) is 53.7 Å². The number of hydrogen-bond donors (Lipinski definition) is 0. The van der Waals surface area contributed by atoms with E-state index in [0.717, 1.165) is 40.2 Å². The lowest BCUT2D eigenvalue weighted by molar-refractivity contribution is -0.120. The Morgan fingerprint density at radius 3 is 2.50 bits per heavy atom. The van der Waals surface area contributed by atoms with Crippen LogP contribution in [-0.4, -0.2) is 12.9 Å². The fourth-order valence-corrected chi connectivity index (χ4v) is 4.15. The number of rotatable bonds is 2. The zero-order chi connectivity index (χ0) is 18.5. The number of ether oxygens (including phenoxy) is 2. The number of carbonyl (C=O) groups excluding carboxylic acids is 1.